The van der Waals surface area contributed by atoms with E-state index in [1.54, 1.807) is 30.6 Å². The summed E-state index contributed by atoms with van der Waals surface area (Å²) in [5.74, 6) is 0.816. The van der Waals surface area contributed by atoms with E-state index < -0.39 is 6.09 Å². The van der Waals surface area contributed by atoms with Crippen LogP contribution in [0.5, 0.6) is 0 Å². The van der Waals surface area contributed by atoms with Gasteiger partial charge in [0.2, 0.25) is 11.6 Å². The van der Waals surface area contributed by atoms with Gasteiger partial charge in [-0.1, -0.05) is 18.2 Å². The van der Waals surface area contributed by atoms with Crippen molar-refractivity contribution >= 4 is 34.4 Å². The number of anilines is 2. The van der Waals surface area contributed by atoms with Gasteiger partial charge in [-0.2, -0.15) is 0 Å². The fourth-order valence-corrected chi connectivity index (χ4v) is 3.53. The smallest absolute Gasteiger partial charge is 0.414 e. The number of para-hydroxylation sites is 1. The molecule has 0 fully saturated rings. The Kier molecular flexibility index (Phi) is 4.79. The van der Waals surface area contributed by atoms with Gasteiger partial charge in [0.05, 0.1) is 0 Å². The first-order valence-electron chi connectivity index (χ1n) is 9.48. The SMILES string of the molecule is Cc1cccc2c(CCNc3nccn4c(N(C(=O)O)C(C)C)nnc34)c[nH]c12. The van der Waals surface area contributed by atoms with Crippen molar-refractivity contribution in [1.82, 2.24) is 24.6 Å². The lowest BCUT2D eigenvalue weighted by Gasteiger charge is -2.20. The molecule has 0 saturated carbocycles. The van der Waals surface area contributed by atoms with Crippen molar-refractivity contribution < 1.29 is 9.90 Å². The molecule has 29 heavy (non-hydrogen) atoms. The van der Waals surface area contributed by atoms with Gasteiger partial charge in [-0.05, 0) is 38.3 Å². The number of carbonyl (C=O) groups is 1. The molecular weight excluding hydrogens is 370 g/mol. The summed E-state index contributed by atoms with van der Waals surface area (Å²) < 4.78 is 1.64. The van der Waals surface area contributed by atoms with Crippen LogP contribution < -0.4 is 10.2 Å². The van der Waals surface area contributed by atoms with Gasteiger partial charge in [0.25, 0.3) is 0 Å². The van der Waals surface area contributed by atoms with Crippen LogP contribution in [-0.2, 0) is 6.42 Å². The molecule has 1 aromatic carbocycles. The zero-order chi connectivity index (χ0) is 20.5. The van der Waals surface area contributed by atoms with Crippen molar-refractivity contribution in [3.8, 4) is 0 Å². The third-order valence-corrected chi connectivity index (χ3v) is 4.94. The minimum Gasteiger partial charge on any atom is -0.465 e. The highest BCUT2D eigenvalue weighted by atomic mass is 16.4. The Morgan fingerprint density at radius 2 is 2.17 bits per heavy atom. The van der Waals surface area contributed by atoms with Crippen LogP contribution in [0.15, 0.2) is 36.8 Å². The highest BCUT2D eigenvalue weighted by molar-refractivity contribution is 5.86. The zero-order valence-corrected chi connectivity index (χ0v) is 16.5. The van der Waals surface area contributed by atoms with Gasteiger partial charge < -0.3 is 15.4 Å². The lowest BCUT2D eigenvalue weighted by atomic mass is 10.1. The molecule has 0 radical (unpaired) electrons. The number of carboxylic acid groups (broad SMARTS) is 1. The molecule has 0 bridgehead atoms. The number of hydrogen-bond donors (Lipinski definition) is 3. The molecule has 4 aromatic rings. The Morgan fingerprint density at radius 1 is 1.34 bits per heavy atom. The van der Waals surface area contributed by atoms with E-state index in [0.29, 0.717) is 18.0 Å². The Morgan fingerprint density at radius 3 is 2.93 bits per heavy atom. The zero-order valence-electron chi connectivity index (χ0n) is 16.5. The molecular formula is C20H23N7O2. The number of aryl methyl sites for hydroxylation is 1. The summed E-state index contributed by atoms with van der Waals surface area (Å²) in [6, 6.07) is 6.00. The Balaban J connectivity index is 1.56. The highest BCUT2D eigenvalue weighted by Gasteiger charge is 2.24. The second-order valence-electron chi connectivity index (χ2n) is 7.20. The summed E-state index contributed by atoms with van der Waals surface area (Å²) in [6.07, 6.45) is 5.04. The monoisotopic (exact) mass is 393 g/mol. The third kappa shape index (κ3) is 3.35. The second kappa shape index (κ2) is 7.42. The minimum absolute atomic E-state index is 0.250. The van der Waals surface area contributed by atoms with Crippen LogP contribution >= 0.6 is 0 Å². The molecule has 0 spiro atoms. The molecule has 3 N–H and O–H groups in total. The van der Waals surface area contributed by atoms with Crippen LogP contribution in [0.3, 0.4) is 0 Å². The average Bonchev–Trinajstić information content (AvgIpc) is 3.28. The normalized spacial score (nSPS) is 11.4. The van der Waals surface area contributed by atoms with Gasteiger partial charge >= 0.3 is 6.09 Å². The molecule has 0 unspecified atom stereocenters. The molecule has 0 aliphatic heterocycles. The molecule has 9 nitrogen and oxygen atoms in total. The first kappa shape index (κ1) is 18.7. The number of hydrogen-bond acceptors (Lipinski definition) is 5. The number of amides is 1. The van der Waals surface area contributed by atoms with E-state index in [4.69, 9.17) is 0 Å². The summed E-state index contributed by atoms with van der Waals surface area (Å²) >= 11 is 0. The quantitative estimate of drug-likeness (QED) is 0.463. The lowest BCUT2D eigenvalue weighted by molar-refractivity contribution is 0.199. The van der Waals surface area contributed by atoms with Gasteiger partial charge in [0, 0.05) is 42.1 Å². The van der Waals surface area contributed by atoms with Crippen molar-refractivity contribution in [3.63, 3.8) is 0 Å². The van der Waals surface area contributed by atoms with E-state index in [1.807, 2.05) is 6.20 Å². The standard InChI is InChI=1S/C20H23N7O2/c1-12(2)27(20(28)29)19-25-24-18-17(22-9-10-26(18)19)21-8-7-14-11-23-16-13(3)5-4-6-15(14)16/h4-6,9-12,23H,7-8H2,1-3H3,(H,21,22)(H,28,29). The fourth-order valence-electron chi connectivity index (χ4n) is 3.53. The molecule has 0 atom stereocenters. The average molecular weight is 393 g/mol. The van der Waals surface area contributed by atoms with Crippen molar-refractivity contribution in [2.24, 2.45) is 0 Å². The number of H-pyrrole nitrogens is 1. The number of fused-ring (bicyclic) bond motifs is 2. The molecule has 0 aliphatic carbocycles. The lowest BCUT2D eigenvalue weighted by Crippen LogP contribution is -2.37. The first-order valence-corrected chi connectivity index (χ1v) is 9.48. The predicted molar refractivity (Wildman–Crippen MR) is 112 cm³/mol. The third-order valence-electron chi connectivity index (χ3n) is 4.94. The van der Waals surface area contributed by atoms with Gasteiger partial charge in [0.15, 0.2) is 5.82 Å². The molecule has 0 saturated heterocycles. The summed E-state index contributed by atoms with van der Waals surface area (Å²) in [6.45, 7) is 6.32. The summed E-state index contributed by atoms with van der Waals surface area (Å²) in [5.41, 5.74) is 4.09. The summed E-state index contributed by atoms with van der Waals surface area (Å²) in [7, 11) is 0. The van der Waals surface area contributed by atoms with Crippen molar-refractivity contribution in [3.05, 3.63) is 47.9 Å². The van der Waals surface area contributed by atoms with Gasteiger partial charge in [-0.3, -0.25) is 4.40 Å². The summed E-state index contributed by atoms with van der Waals surface area (Å²) in [5, 5.41) is 22.3. The van der Waals surface area contributed by atoms with Crippen LogP contribution in [0.4, 0.5) is 16.6 Å². The van der Waals surface area contributed by atoms with Crippen LogP contribution in [-0.4, -0.2) is 48.4 Å². The van der Waals surface area contributed by atoms with Crippen LogP contribution in [0.2, 0.25) is 0 Å². The van der Waals surface area contributed by atoms with Gasteiger partial charge in [0.1, 0.15) is 0 Å². The molecule has 0 aliphatic rings. The number of aromatic amines is 1. The minimum atomic E-state index is -1.07. The Hall–Kier alpha value is -3.62. The number of nitrogens with one attached hydrogen (secondary N) is 2. The number of aromatic nitrogens is 5. The predicted octanol–water partition coefficient (Wildman–Crippen LogP) is 3.46. The van der Waals surface area contributed by atoms with Crippen LogP contribution in [0, 0.1) is 6.92 Å². The van der Waals surface area contributed by atoms with Crippen molar-refractivity contribution in [2.45, 2.75) is 33.2 Å². The van der Waals surface area contributed by atoms with Crippen molar-refractivity contribution in [2.75, 3.05) is 16.8 Å². The maximum absolute atomic E-state index is 11.6. The first-order chi connectivity index (χ1) is 14.0. The number of benzene rings is 1. The molecule has 3 heterocycles. The molecule has 1 amide bonds. The topological polar surface area (TPSA) is 111 Å². The van der Waals surface area contributed by atoms with Crippen molar-refractivity contribution in [1.29, 1.82) is 0 Å². The van der Waals surface area contributed by atoms with Crippen LogP contribution in [0.25, 0.3) is 16.6 Å². The molecule has 3 aromatic heterocycles. The number of nitrogens with zero attached hydrogens (tertiary/aromatic N) is 5. The second-order valence-corrected chi connectivity index (χ2v) is 7.20. The van der Waals surface area contributed by atoms with E-state index in [0.717, 1.165) is 11.9 Å². The Labute approximate surface area is 167 Å². The molecule has 9 heteroatoms. The van der Waals surface area contributed by atoms with E-state index >= 15 is 0 Å². The number of rotatable bonds is 6. The maximum Gasteiger partial charge on any atom is 0.414 e. The van der Waals surface area contributed by atoms with Gasteiger partial charge in [-0.25, -0.2) is 14.7 Å². The van der Waals surface area contributed by atoms with Crippen LogP contribution in [0.1, 0.15) is 25.0 Å². The highest BCUT2D eigenvalue weighted by Crippen LogP contribution is 2.23. The maximum atomic E-state index is 11.6. The van der Waals surface area contributed by atoms with E-state index in [2.05, 4.69) is 50.6 Å². The van der Waals surface area contributed by atoms with E-state index in [-0.39, 0.29) is 12.0 Å². The largest absolute Gasteiger partial charge is 0.465 e. The summed E-state index contributed by atoms with van der Waals surface area (Å²) in [4.78, 5) is 20.5. The molecule has 150 valence electrons. The van der Waals surface area contributed by atoms with Gasteiger partial charge in [-0.15, -0.1) is 10.2 Å². The fraction of sp³-hybridized carbons (Fsp3) is 0.300. The molecule has 4 rings (SSSR count). The Bertz CT molecular complexity index is 1180. The van der Waals surface area contributed by atoms with E-state index in [9.17, 15) is 9.90 Å². The van der Waals surface area contributed by atoms with E-state index in [1.165, 1.54) is 21.4 Å².